The maximum absolute atomic E-state index is 12.2. The molecule has 0 unspecified atom stereocenters. The summed E-state index contributed by atoms with van der Waals surface area (Å²) in [7, 11) is 1.55. The molecular weight excluding hydrogens is 326 g/mol. The molecule has 1 aromatic heterocycles. The summed E-state index contributed by atoms with van der Waals surface area (Å²) in [6, 6.07) is 10.4. The van der Waals surface area contributed by atoms with Gasteiger partial charge in [0.2, 0.25) is 0 Å². The van der Waals surface area contributed by atoms with Gasteiger partial charge in [0.25, 0.3) is 11.8 Å². The smallest absolute Gasteiger partial charge is 0.257 e. The lowest BCUT2D eigenvalue weighted by molar-refractivity contribution is -0.122. The van der Waals surface area contributed by atoms with E-state index in [4.69, 9.17) is 4.74 Å². The van der Waals surface area contributed by atoms with Crippen LogP contribution in [0.5, 0.6) is 5.75 Å². The number of nitrogens with zero attached hydrogens (tertiary/aromatic N) is 1. The van der Waals surface area contributed by atoms with Gasteiger partial charge in [0.15, 0.2) is 6.61 Å². The van der Waals surface area contributed by atoms with Gasteiger partial charge in [-0.2, -0.15) is 0 Å². The summed E-state index contributed by atoms with van der Waals surface area (Å²) in [5, 5.41) is 6.16. The number of hydrogen-bond acceptors (Lipinski definition) is 5. The Labute approximate surface area is 145 Å². The molecule has 0 bridgehead atoms. The number of thioether (sulfide) groups is 1. The van der Waals surface area contributed by atoms with E-state index in [9.17, 15) is 9.59 Å². The van der Waals surface area contributed by atoms with Crippen LogP contribution in [0.15, 0.2) is 47.6 Å². The first-order valence-corrected chi connectivity index (χ1v) is 8.44. The average Bonchev–Trinajstić information content (AvgIpc) is 2.61. The third-order valence-electron chi connectivity index (χ3n) is 3.05. The Bertz CT molecular complexity index is 687. The molecule has 0 aliphatic rings. The molecule has 0 aliphatic heterocycles. The number of pyridine rings is 1. The molecule has 0 saturated carbocycles. The number of amides is 2. The van der Waals surface area contributed by atoms with E-state index >= 15 is 0 Å². The molecule has 2 rings (SSSR count). The minimum atomic E-state index is -0.227. The zero-order valence-corrected chi connectivity index (χ0v) is 14.4. The topological polar surface area (TPSA) is 80.3 Å². The summed E-state index contributed by atoms with van der Waals surface area (Å²) >= 11 is 1.62. The van der Waals surface area contributed by atoms with Crippen LogP contribution in [-0.4, -0.2) is 36.2 Å². The highest BCUT2D eigenvalue weighted by molar-refractivity contribution is 7.99. The Balaban J connectivity index is 1.92. The summed E-state index contributed by atoms with van der Waals surface area (Å²) in [5.74, 6) is 1.06. The zero-order chi connectivity index (χ0) is 17.4. The number of nitrogens with one attached hydrogen (secondary N) is 2. The number of hydrogen-bond donors (Lipinski definition) is 2. The van der Waals surface area contributed by atoms with Crippen molar-refractivity contribution in [3.05, 3.63) is 48.2 Å². The Morgan fingerprint density at radius 3 is 2.50 bits per heavy atom. The van der Waals surface area contributed by atoms with Crippen LogP contribution in [0, 0.1) is 0 Å². The molecule has 6 nitrogen and oxygen atoms in total. The number of carbonyl (C=O) groups is 2. The standard InChI is InChI=1S/C17H19N3O3S/c1-3-24-16-9-4-12(10-19-16)17(22)20-13-5-7-14(8-6-13)23-11-15(21)18-2/h4-10H,3,11H2,1-2H3,(H,18,21)(H,20,22). The molecule has 0 aliphatic carbocycles. The van der Waals surface area contributed by atoms with Crippen LogP contribution in [0.4, 0.5) is 5.69 Å². The summed E-state index contributed by atoms with van der Waals surface area (Å²) in [6.07, 6.45) is 1.56. The second-order valence-electron chi connectivity index (χ2n) is 4.76. The number of benzene rings is 1. The highest BCUT2D eigenvalue weighted by Gasteiger charge is 2.07. The van der Waals surface area contributed by atoms with Gasteiger partial charge < -0.3 is 15.4 Å². The minimum absolute atomic E-state index is 0.0456. The molecule has 2 N–H and O–H groups in total. The first-order chi connectivity index (χ1) is 11.6. The van der Waals surface area contributed by atoms with Crippen molar-refractivity contribution in [1.29, 1.82) is 0 Å². The summed E-state index contributed by atoms with van der Waals surface area (Å²) in [5.41, 5.74) is 1.13. The summed E-state index contributed by atoms with van der Waals surface area (Å²) in [6.45, 7) is 2.00. The summed E-state index contributed by atoms with van der Waals surface area (Å²) in [4.78, 5) is 27.5. The molecule has 0 saturated heterocycles. The van der Waals surface area contributed by atoms with Gasteiger partial charge >= 0.3 is 0 Å². The van der Waals surface area contributed by atoms with E-state index < -0.39 is 0 Å². The number of carbonyl (C=O) groups excluding carboxylic acids is 2. The van der Waals surface area contributed by atoms with Crippen molar-refractivity contribution in [2.75, 3.05) is 24.7 Å². The first-order valence-electron chi connectivity index (χ1n) is 7.46. The average molecular weight is 345 g/mol. The fraction of sp³-hybridized carbons (Fsp3) is 0.235. The van der Waals surface area contributed by atoms with E-state index in [2.05, 4.69) is 22.5 Å². The lowest BCUT2D eigenvalue weighted by Crippen LogP contribution is -2.24. The van der Waals surface area contributed by atoms with Crippen molar-refractivity contribution in [1.82, 2.24) is 10.3 Å². The maximum Gasteiger partial charge on any atom is 0.257 e. The highest BCUT2D eigenvalue weighted by Crippen LogP contribution is 2.18. The molecule has 126 valence electrons. The van der Waals surface area contributed by atoms with Gasteiger partial charge in [-0.05, 0) is 42.2 Å². The molecular formula is C17H19N3O3S. The Hall–Kier alpha value is -2.54. The second kappa shape index (κ2) is 8.93. The molecule has 1 aromatic carbocycles. The molecule has 0 spiro atoms. The van der Waals surface area contributed by atoms with Gasteiger partial charge in [0.1, 0.15) is 5.75 Å². The Morgan fingerprint density at radius 2 is 1.92 bits per heavy atom. The van der Waals surface area contributed by atoms with Crippen LogP contribution in [0.25, 0.3) is 0 Å². The zero-order valence-electron chi connectivity index (χ0n) is 13.5. The highest BCUT2D eigenvalue weighted by atomic mass is 32.2. The van der Waals surface area contributed by atoms with Gasteiger partial charge in [-0.1, -0.05) is 6.92 Å². The molecule has 2 aromatic rings. The van der Waals surface area contributed by atoms with Gasteiger partial charge in [-0.25, -0.2) is 4.98 Å². The van der Waals surface area contributed by atoms with Gasteiger partial charge in [0.05, 0.1) is 10.6 Å². The molecule has 0 fully saturated rings. The largest absolute Gasteiger partial charge is 0.484 e. The Kier molecular flexibility index (Phi) is 6.62. The molecule has 24 heavy (non-hydrogen) atoms. The van der Waals surface area contributed by atoms with Crippen LogP contribution in [0.2, 0.25) is 0 Å². The Morgan fingerprint density at radius 1 is 1.17 bits per heavy atom. The van der Waals surface area contributed by atoms with Crippen molar-refractivity contribution in [3.63, 3.8) is 0 Å². The van der Waals surface area contributed by atoms with Crippen molar-refractivity contribution in [2.24, 2.45) is 0 Å². The van der Waals surface area contributed by atoms with Crippen LogP contribution >= 0.6 is 11.8 Å². The predicted molar refractivity (Wildman–Crippen MR) is 94.6 cm³/mol. The maximum atomic E-state index is 12.2. The number of rotatable bonds is 7. The molecule has 1 heterocycles. The molecule has 0 radical (unpaired) electrons. The number of aromatic nitrogens is 1. The number of ether oxygens (including phenoxy) is 1. The molecule has 0 atom stereocenters. The van der Waals surface area contributed by atoms with E-state index in [0.29, 0.717) is 17.0 Å². The summed E-state index contributed by atoms with van der Waals surface area (Å²) < 4.78 is 5.30. The molecule has 2 amide bonds. The molecule has 7 heteroatoms. The van der Waals surface area contributed by atoms with Crippen LogP contribution in [0.3, 0.4) is 0 Å². The van der Waals surface area contributed by atoms with Crippen molar-refractivity contribution in [2.45, 2.75) is 11.9 Å². The van der Waals surface area contributed by atoms with Gasteiger partial charge in [-0.15, -0.1) is 11.8 Å². The number of anilines is 1. The van der Waals surface area contributed by atoms with Crippen LogP contribution in [0.1, 0.15) is 17.3 Å². The van der Waals surface area contributed by atoms with Gasteiger partial charge in [-0.3, -0.25) is 9.59 Å². The van der Waals surface area contributed by atoms with Crippen molar-refractivity contribution < 1.29 is 14.3 Å². The van der Waals surface area contributed by atoms with Crippen LogP contribution in [-0.2, 0) is 4.79 Å². The third kappa shape index (κ3) is 5.27. The van der Waals surface area contributed by atoms with Crippen molar-refractivity contribution >= 4 is 29.3 Å². The number of likely N-dealkylation sites (N-methyl/N-ethyl adjacent to an activating group) is 1. The SMILES string of the molecule is CCSc1ccc(C(=O)Nc2ccc(OCC(=O)NC)cc2)cn1. The van der Waals surface area contributed by atoms with E-state index in [1.54, 1.807) is 55.3 Å². The van der Waals surface area contributed by atoms with Gasteiger partial charge in [0, 0.05) is 18.9 Å². The third-order valence-corrected chi connectivity index (χ3v) is 3.88. The first kappa shape index (κ1) is 17.8. The monoisotopic (exact) mass is 345 g/mol. The lowest BCUT2D eigenvalue weighted by atomic mass is 10.2. The second-order valence-corrected chi connectivity index (χ2v) is 6.04. The fourth-order valence-electron chi connectivity index (χ4n) is 1.81. The quantitative estimate of drug-likeness (QED) is 0.754. The minimum Gasteiger partial charge on any atom is -0.484 e. The van der Waals surface area contributed by atoms with E-state index in [0.717, 1.165) is 10.8 Å². The fourth-order valence-corrected chi connectivity index (χ4v) is 2.39. The van der Waals surface area contributed by atoms with E-state index in [1.165, 1.54) is 0 Å². The normalized spacial score (nSPS) is 10.1. The van der Waals surface area contributed by atoms with Crippen LogP contribution < -0.4 is 15.4 Å². The van der Waals surface area contributed by atoms with E-state index in [-0.39, 0.29) is 18.4 Å². The lowest BCUT2D eigenvalue weighted by Gasteiger charge is -2.08. The predicted octanol–water partition coefficient (Wildman–Crippen LogP) is 2.57. The van der Waals surface area contributed by atoms with E-state index in [1.807, 2.05) is 6.07 Å². The van der Waals surface area contributed by atoms with Crippen molar-refractivity contribution in [3.8, 4) is 5.75 Å².